The van der Waals surface area contributed by atoms with Crippen LogP contribution in [-0.2, 0) is 20.4 Å². The Morgan fingerprint density at radius 1 is 1.11 bits per heavy atom. The lowest BCUT2D eigenvalue weighted by molar-refractivity contribution is -0.0343. The van der Waals surface area contributed by atoms with Crippen LogP contribution in [0.25, 0.3) is 6.08 Å². The average molecular weight is 383 g/mol. The van der Waals surface area contributed by atoms with E-state index < -0.39 is 15.6 Å². The summed E-state index contributed by atoms with van der Waals surface area (Å²) in [6.45, 7) is 2.55. The number of benzene rings is 2. The van der Waals surface area contributed by atoms with Gasteiger partial charge in [0.25, 0.3) is 0 Å². The van der Waals surface area contributed by atoms with Crippen LogP contribution in [0.1, 0.15) is 39.9 Å². The molecule has 140 valence electrons. The van der Waals surface area contributed by atoms with Crippen LogP contribution in [0.15, 0.2) is 53.9 Å². The number of aryl methyl sites for hydroxylation is 1. The summed E-state index contributed by atoms with van der Waals surface area (Å²) in [5, 5.41) is 1.24. The van der Waals surface area contributed by atoms with Crippen LogP contribution in [0.2, 0.25) is 0 Å². The number of piperidine rings is 1. The lowest BCUT2D eigenvalue weighted by Crippen LogP contribution is -2.48. The molecule has 2 aromatic carbocycles. The topological polar surface area (TPSA) is 63.7 Å². The van der Waals surface area contributed by atoms with Gasteiger partial charge in [0.2, 0.25) is 10.0 Å². The molecule has 5 nitrogen and oxygen atoms in total. The molecule has 1 unspecified atom stereocenters. The molecule has 6 heteroatoms. The standard InChI is InChI=1S/C21H21NO4S/c1-16-7-9-17(10-8-16)11-14-27(24,25)22-13-4-12-21(15-22)19-6-3-2-5-18(19)20(23)26-21/h2-3,5-11,14H,4,12-13,15H2,1H3. The van der Waals surface area contributed by atoms with Crippen molar-refractivity contribution in [3.8, 4) is 0 Å². The zero-order valence-electron chi connectivity index (χ0n) is 15.1. The quantitative estimate of drug-likeness (QED) is 0.762. The van der Waals surface area contributed by atoms with Gasteiger partial charge >= 0.3 is 5.97 Å². The molecule has 0 saturated carbocycles. The van der Waals surface area contributed by atoms with Crippen LogP contribution in [0.4, 0.5) is 0 Å². The van der Waals surface area contributed by atoms with Crippen molar-refractivity contribution >= 4 is 22.1 Å². The second-order valence-corrected chi connectivity index (χ2v) is 8.94. The van der Waals surface area contributed by atoms with Gasteiger partial charge in [-0.25, -0.2) is 13.2 Å². The first kappa shape index (κ1) is 17.9. The Morgan fingerprint density at radius 2 is 1.85 bits per heavy atom. The van der Waals surface area contributed by atoms with Gasteiger partial charge < -0.3 is 4.74 Å². The minimum Gasteiger partial charge on any atom is -0.449 e. The number of carbonyl (C=O) groups is 1. The zero-order chi connectivity index (χ0) is 19.1. The smallest absolute Gasteiger partial charge is 0.339 e. The van der Waals surface area contributed by atoms with E-state index in [1.807, 2.05) is 43.3 Å². The molecule has 2 heterocycles. The summed E-state index contributed by atoms with van der Waals surface area (Å²) in [5.74, 6) is -0.375. The third-order valence-corrected chi connectivity index (χ3v) is 6.73. The number of hydrogen-bond donors (Lipinski definition) is 0. The van der Waals surface area contributed by atoms with Gasteiger partial charge in [-0.2, -0.15) is 4.31 Å². The Kier molecular flexibility index (Phi) is 4.40. The molecule has 0 radical (unpaired) electrons. The van der Waals surface area contributed by atoms with E-state index in [2.05, 4.69) is 0 Å². The molecule has 4 rings (SSSR count). The largest absolute Gasteiger partial charge is 0.449 e. The van der Waals surface area contributed by atoms with Gasteiger partial charge in [-0.1, -0.05) is 48.0 Å². The average Bonchev–Trinajstić information content (AvgIpc) is 2.93. The van der Waals surface area contributed by atoms with E-state index in [1.165, 1.54) is 9.71 Å². The molecule has 1 spiro atoms. The Bertz CT molecular complexity index is 1010. The van der Waals surface area contributed by atoms with Gasteiger partial charge in [-0.05, 0) is 37.5 Å². The molecule has 1 fully saturated rings. The molecule has 2 aliphatic rings. The number of sulfonamides is 1. The van der Waals surface area contributed by atoms with Crippen molar-refractivity contribution in [2.45, 2.75) is 25.4 Å². The van der Waals surface area contributed by atoms with Gasteiger partial charge in [0.05, 0.1) is 12.1 Å². The third-order valence-electron chi connectivity index (χ3n) is 5.22. The molecule has 0 amide bonds. The SMILES string of the molecule is Cc1ccc(C=CS(=O)(=O)N2CCCC3(C2)OC(=O)c2ccccc23)cc1. The predicted octanol–water partition coefficient (Wildman–Crippen LogP) is 3.46. The first-order valence-electron chi connectivity index (χ1n) is 8.97. The first-order chi connectivity index (χ1) is 12.9. The van der Waals surface area contributed by atoms with Crippen LogP contribution < -0.4 is 0 Å². The molecular weight excluding hydrogens is 362 g/mol. The lowest BCUT2D eigenvalue weighted by Gasteiger charge is -2.38. The fraction of sp³-hybridized carbons (Fsp3) is 0.286. The molecule has 0 aliphatic carbocycles. The molecule has 0 N–H and O–H groups in total. The van der Waals surface area contributed by atoms with E-state index in [1.54, 1.807) is 18.2 Å². The van der Waals surface area contributed by atoms with Crippen molar-refractivity contribution in [2.75, 3.05) is 13.1 Å². The van der Waals surface area contributed by atoms with Gasteiger partial charge in [-0.3, -0.25) is 0 Å². The number of fused-ring (bicyclic) bond motifs is 2. The van der Waals surface area contributed by atoms with Crippen molar-refractivity contribution in [1.82, 2.24) is 4.31 Å². The van der Waals surface area contributed by atoms with Crippen LogP contribution >= 0.6 is 0 Å². The number of ether oxygens (including phenoxy) is 1. The molecular formula is C21H21NO4S. The summed E-state index contributed by atoms with van der Waals surface area (Å²) in [7, 11) is -3.61. The van der Waals surface area contributed by atoms with E-state index in [0.29, 0.717) is 24.9 Å². The summed E-state index contributed by atoms with van der Waals surface area (Å²) >= 11 is 0. The first-order valence-corrected chi connectivity index (χ1v) is 10.5. The molecule has 0 aromatic heterocycles. The lowest BCUT2D eigenvalue weighted by atomic mass is 9.86. The summed E-state index contributed by atoms with van der Waals surface area (Å²) < 4.78 is 32.8. The molecule has 2 aliphatic heterocycles. The Balaban J connectivity index is 1.60. The summed E-state index contributed by atoms with van der Waals surface area (Å²) in [5.41, 5.74) is 2.39. The third kappa shape index (κ3) is 3.31. The van der Waals surface area contributed by atoms with Crippen molar-refractivity contribution in [3.63, 3.8) is 0 Å². The Labute approximate surface area is 159 Å². The van der Waals surface area contributed by atoms with Crippen molar-refractivity contribution in [1.29, 1.82) is 0 Å². The van der Waals surface area contributed by atoms with Crippen molar-refractivity contribution in [2.24, 2.45) is 0 Å². The van der Waals surface area contributed by atoms with Crippen molar-refractivity contribution < 1.29 is 17.9 Å². The van der Waals surface area contributed by atoms with E-state index in [9.17, 15) is 13.2 Å². The second kappa shape index (κ2) is 6.62. The minimum atomic E-state index is -3.61. The fourth-order valence-electron chi connectivity index (χ4n) is 3.78. The summed E-state index contributed by atoms with van der Waals surface area (Å²) in [6.07, 6.45) is 2.87. The molecule has 2 aromatic rings. The molecule has 0 bridgehead atoms. The number of esters is 1. The van der Waals surface area contributed by atoms with Crippen LogP contribution in [0, 0.1) is 6.92 Å². The number of carbonyl (C=O) groups excluding carboxylic acids is 1. The maximum Gasteiger partial charge on any atom is 0.339 e. The highest BCUT2D eigenvalue weighted by atomic mass is 32.2. The normalized spacial score (nSPS) is 22.9. The van der Waals surface area contributed by atoms with Gasteiger partial charge in [0.15, 0.2) is 5.60 Å². The van der Waals surface area contributed by atoms with E-state index >= 15 is 0 Å². The molecule has 27 heavy (non-hydrogen) atoms. The summed E-state index contributed by atoms with van der Waals surface area (Å²) in [4.78, 5) is 12.2. The molecule has 1 atom stereocenters. The van der Waals surface area contributed by atoms with Gasteiger partial charge in [0, 0.05) is 17.5 Å². The van der Waals surface area contributed by atoms with E-state index in [0.717, 1.165) is 16.7 Å². The summed E-state index contributed by atoms with van der Waals surface area (Å²) in [6, 6.07) is 14.9. The zero-order valence-corrected chi connectivity index (χ0v) is 15.9. The Hall–Kier alpha value is -2.44. The van der Waals surface area contributed by atoms with Gasteiger partial charge in [-0.15, -0.1) is 0 Å². The highest BCUT2D eigenvalue weighted by Gasteiger charge is 2.49. The number of rotatable bonds is 3. The molecule has 1 saturated heterocycles. The minimum absolute atomic E-state index is 0.149. The van der Waals surface area contributed by atoms with Crippen molar-refractivity contribution in [3.05, 3.63) is 76.2 Å². The van der Waals surface area contributed by atoms with Crippen LogP contribution in [0.5, 0.6) is 0 Å². The Morgan fingerprint density at radius 3 is 2.63 bits per heavy atom. The second-order valence-electron chi connectivity index (χ2n) is 7.12. The number of hydrogen-bond acceptors (Lipinski definition) is 4. The highest BCUT2D eigenvalue weighted by molar-refractivity contribution is 7.92. The van der Waals surface area contributed by atoms with Crippen LogP contribution in [0.3, 0.4) is 0 Å². The monoisotopic (exact) mass is 383 g/mol. The highest BCUT2D eigenvalue weighted by Crippen LogP contribution is 2.43. The number of nitrogens with zero attached hydrogens (tertiary/aromatic N) is 1. The van der Waals surface area contributed by atoms with E-state index in [4.69, 9.17) is 4.74 Å². The predicted molar refractivity (Wildman–Crippen MR) is 103 cm³/mol. The van der Waals surface area contributed by atoms with Gasteiger partial charge in [0.1, 0.15) is 0 Å². The maximum absolute atomic E-state index is 12.9. The maximum atomic E-state index is 12.9. The van der Waals surface area contributed by atoms with E-state index in [-0.39, 0.29) is 12.5 Å². The van der Waals surface area contributed by atoms with Crippen LogP contribution in [-0.4, -0.2) is 31.8 Å². The fourth-order valence-corrected chi connectivity index (χ4v) is 5.05.